The third-order valence-electron chi connectivity index (χ3n) is 2.06. The van der Waals surface area contributed by atoms with Crippen molar-refractivity contribution in [1.29, 1.82) is 0 Å². The Morgan fingerprint density at radius 1 is 1.31 bits per heavy atom. The van der Waals surface area contributed by atoms with Crippen molar-refractivity contribution in [2.75, 3.05) is 0 Å². The van der Waals surface area contributed by atoms with E-state index in [1.165, 1.54) is 0 Å². The Morgan fingerprint density at radius 2 is 1.85 bits per heavy atom. The van der Waals surface area contributed by atoms with E-state index in [0.29, 0.717) is 0 Å². The lowest BCUT2D eigenvalue weighted by Gasteiger charge is -2.13. The fourth-order valence-corrected chi connectivity index (χ4v) is 1.10. The number of hydrogen-bond donors (Lipinski definition) is 2. The van der Waals surface area contributed by atoms with Crippen molar-refractivity contribution in [3.63, 3.8) is 0 Å². The third kappa shape index (κ3) is 2.24. The topological polar surface area (TPSA) is 40.5 Å². The molecule has 0 radical (unpaired) electrons. The minimum Gasteiger partial charge on any atom is -0.508 e. The largest absolute Gasteiger partial charge is 0.508 e. The number of aromatic hydroxyl groups is 1. The number of terminal acetylenes is 1. The summed E-state index contributed by atoms with van der Waals surface area (Å²) in [6.45, 7) is 1.84. The van der Waals surface area contributed by atoms with Gasteiger partial charge in [-0.1, -0.05) is 25.0 Å². The van der Waals surface area contributed by atoms with E-state index in [9.17, 15) is 5.11 Å². The molecular formula is C11H12O2. The smallest absolute Gasteiger partial charge is 0.121 e. The highest BCUT2D eigenvalue weighted by Gasteiger charge is 2.12. The number of phenolic OH excluding ortho intramolecular Hbond substituents is 1. The van der Waals surface area contributed by atoms with E-state index in [1.807, 2.05) is 6.92 Å². The van der Waals surface area contributed by atoms with E-state index in [1.54, 1.807) is 24.3 Å². The lowest BCUT2D eigenvalue weighted by atomic mass is 9.96. The highest BCUT2D eigenvalue weighted by Crippen LogP contribution is 2.20. The second-order valence-electron chi connectivity index (χ2n) is 2.99. The lowest BCUT2D eigenvalue weighted by Crippen LogP contribution is -2.12. The fourth-order valence-electron chi connectivity index (χ4n) is 1.10. The molecule has 2 N–H and O–H groups in total. The molecule has 0 spiro atoms. The van der Waals surface area contributed by atoms with Crippen LogP contribution in [0.25, 0.3) is 0 Å². The first kappa shape index (κ1) is 9.63. The molecule has 2 atom stereocenters. The second-order valence-corrected chi connectivity index (χ2v) is 2.99. The summed E-state index contributed by atoms with van der Waals surface area (Å²) in [7, 11) is 0. The van der Waals surface area contributed by atoms with Crippen LogP contribution >= 0.6 is 0 Å². The maximum Gasteiger partial charge on any atom is 0.121 e. The van der Waals surface area contributed by atoms with Crippen LogP contribution in [-0.2, 0) is 0 Å². The van der Waals surface area contributed by atoms with E-state index in [-0.39, 0.29) is 11.7 Å². The van der Waals surface area contributed by atoms with Crippen molar-refractivity contribution in [3.8, 4) is 18.1 Å². The van der Waals surface area contributed by atoms with Gasteiger partial charge in [-0.3, -0.25) is 0 Å². The first-order valence-corrected chi connectivity index (χ1v) is 4.08. The average molecular weight is 176 g/mol. The average Bonchev–Trinajstić information content (AvgIpc) is 2.17. The maximum atomic E-state index is 9.35. The first-order valence-electron chi connectivity index (χ1n) is 4.08. The zero-order chi connectivity index (χ0) is 9.84. The van der Waals surface area contributed by atoms with Gasteiger partial charge in [-0.2, -0.15) is 0 Å². The van der Waals surface area contributed by atoms with Crippen LogP contribution in [0.4, 0.5) is 0 Å². The monoisotopic (exact) mass is 176 g/mol. The molecular weight excluding hydrogens is 164 g/mol. The Kier molecular flexibility index (Phi) is 2.94. The Morgan fingerprint density at radius 3 is 2.31 bits per heavy atom. The van der Waals surface area contributed by atoms with Crippen LogP contribution in [0.15, 0.2) is 24.3 Å². The van der Waals surface area contributed by atoms with Gasteiger partial charge < -0.3 is 10.2 Å². The van der Waals surface area contributed by atoms with Crippen molar-refractivity contribution in [2.24, 2.45) is 0 Å². The molecule has 1 aromatic carbocycles. The maximum absolute atomic E-state index is 9.35. The number of rotatable bonds is 2. The van der Waals surface area contributed by atoms with Gasteiger partial charge in [-0.15, -0.1) is 6.42 Å². The zero-order valence-corrected chi connectivity index (χ0v) is 7.44. The SMILES string of the molecule is C#CC(O)C(C)c1ccc(O)cc1. The van der Waals surface area contributed by atoms with Gasteiger partial charge in [0.25, 0.3) is 0 Å². The molecule has 13 heavy (non-hydrogen) atoms. The van der Waals surface area contributed by atoms with Gasteiger partial charge in [-0.05, 0) is 17.7 Å². The molecule has 0 fully saturated rings. The van der Waals surface area contributed by atoms with Crippen molar-refractivity contribution >= 4 is 0 Å². The van der Waals surface area contributed by atoms with Gasteiger partial charge in [0.05, 0.1) is 0 Å². The van der Waals surface area contributed by atoms with Crippen LogP contribution in [0.3, 0.4) is 0 Å². The Labute approximate surface area is 77.8 Å². The quantitative estimate of drug-likeness (QED) is 0.670. The normalized spacial score (nSPS) is 14.5. The molecule has 0 bridgehead atoms. The van der Waals surface area contributed by atoms with Gasteiger partial charge in [0, 0.05) is 5.92 Å². The van der Waals surface area contributed by atoms with Crippen molar-refractivity contribution in [2.45, 2.75) is 18.9 Å². The Hall–Kier alpha value is -1.46. The summed E-state index contributed by atoms with van der Waals surface area (Å²) in [5.74, 6) is 2.38. The molecule has 0 heterocycles. The van der Waals surface area contributed by atoms with Gasteiger partial charge in [0.2, 0.25) is 0 Å². The van der Waals surface area contributed by atoms with Gasteiger partial charge >= 0.3 is 0 Å². The number of phenols is 1. The standard InChI is InChI=1S/C11H12O2/c1-3-11(13)8(2)9-4-6-10(12)7-5-9/h1,4-8,11-13H,2H3. The van der Waals surface area contributed by atoms with E-state index in [2.05, 4.69) is 5.92 Å². The molecule has 0 aliphatic carbocycles. The highest BCUT2D eigenvalue weighted by atomic mass is 16.3. The molecule has 0 aromatic heterocycles. The Balaban J connectivity index is 2.84. The predicted octanol–water partition coefficient (Wildman–Crippen LogP) is 1.49. The number of aliphatic hydroxyl groups is 1. The molecule has 68 valence electrons. The summed E-state index contributed by atoms with van der Waals surface area (Å²) in [6.07, 6.45) is 4.32. The van der Waals surface area contributed by atoms with Crippen LogP contribution in [0.5, 0.6) is 5.75 Å². The molecule has 2 nitrogen and oxygen atoms in total. The molecule has 0 saturated carbocycles. The summed E-state index contributed by atoms with van der Waals surface area (Å²) in [6, 6.07) is 6.66. The summed E-state index contributed by atoms with van der Waals surface area (Å²) in [5.41, 5.74) is 0.920. The van der Waals surface area contributed by atoms with Crippen molar-refractivity contribution in [3.05, 3.63) is 29.8 Å². The first-order chi connectivity index (χ1) is 6.15. The molecule has 0 aliphatic heterocycles. The molecule has 0 aliphatic rings. The minimum absolute atomic E-state index is 0.106. The van der Waals surface area contributed by atoms with Crippen LogP contribution in [-0.4, -0.2) is 16.3 Å². The van der Waals surface area contributed by atoms with E-state index < -0.39 is 6.10 Å². The van der Waals surface area contributed by atoms with Crippen LogP contribution in [0.1, 0.15) is 18.4 Å². The van der Waals surface area contributed by atoms with E-state index in [4.69, 9.17) is 11.5 Å². The summed E-state index contributed by atoms with van der Waals surface area (Å²) >= 11 is 0. The van der Waals surface area contributed by atoms with Gasteiger partial charge in [0.15, 0.2) is 0 Å². The van der Waals surface area contributed by atoms with E-state index in [0.717, 1.165) is 5.56 Å². The van der Waals surface area contributed by atoms with Crippen molar-refractivity contribution in [1.82, 2.24) is 0 Å². The summed E-state index contributed by atoms with van der Waals surface area (Å²) in [5, 5.41) is 18.4. The predicted molar refractivity (Wildman–Crippen MR) is 51.4 cm³/mol. The van der Waals surface area contributed by atoms with Gasteiger partial charge in [0.1, 0.15) is 11.9 Å². The van der Waals surface area contributed by atoms with Crippen LogP contribution in [0.2, 0.25) is 0 Å². The molecule has 2 heteroatoms. The fraction of sp³-hybridized carbons (Fsp3) is 0.273. The highest BCUT2D eigenvalue weighted by molar-refractivity contribution is 5.29. The lowest BCUT2D eigenvalue weighted by molar-refractivity contribution is 0.206. The van der Waals surface area contributed by atoms with Crippen LogP contribution in [0, 0.1) is 12.3 Å². The summed E-state index contributed by atoms with van der Waals surface area (Å²) < 4.78 is 0. The van der Waals surface area contributed by atoms with E-state index >= 15 is 0 Å². The zero-order valence-electron chi connectivity index (χ0n) is 7.44. The summed E-state index contributed by atoms with van der Waals surface area (Å²) in [4.78, 5) is 0. The second kappa shape index (κ2) is 3.97. The molecule has 0 saturated heterocycles. The minimum atomic E-state index is -0.774. The molecule has 2 unspecified atom stereocenters. The number of aliphatic hydroxyl groups excluding tert-OH is 1. The third-order valence-corrected chi connectivity index (χ3v) is 2.06. The van der Waals surface area contributed by atoms with Crippen molar-refractivity contribution < 1.29 is 10.2 Å². The van der Waals surface area contributed by atoms with Crippen LogP contribution < -0.4 is 0 Å². The number of hydrogen-bond acceptors (Lipinski definition) is 2. The molecule has 1 aromatic rings. The number of benzene rings is 1. The molecule has 0 amide bonds. The Bertz CT molecular complexity index is 308. The molecule has 1 rings (SSSR count). The van der Waals surface area contributed by atoms with Gasteiger partial charge in [-0.25, -0.2) is 0 Å².